The van der Waals surface area contributed by atoms with E-state index in [2.05, 4.69) is 9.88 Å². The molecule has 1 spiro atoms. The first-order valence-corrected chi connectivity index (χ1v) is 9.12. The summed E-state index contributed by atoms with van der Waals surface area (Å²) in [5, 5.41) is 10.6. The maximum atomic E-state index is 13.1. The zero-order chi connectivity index (χ0) is 18.3. The first kappa shape index (κ1) is 17.2. The lowest BCUT2D eigenvalue weighted by Crippen LogP contribution is -2.59. The van der Waals surface area contributed by atoms with Crippen LogP contribution in [0.25, 0.3) is 5.65 Å². The van der Waals surface area contributed by atoms with Gasteiger partial charge in [-0.05, 0) is 38.4 Å². The zero-order valence-corrected chi connectivity index (χ0v) is 15.0. The number of fused-ring (bicyclic) bond motifs is 1. The normalized spacial score (nSPS) is 27.2. The van der Waals surface area contributed by atoms with Gasteiger partial charge in [-0.25, -0.2) is 4.98 Å². The number of carbonyl (C=O) groups excluding carboxylic acids is 1. The summed E-state index contributed by atoms with van der Waals surface area (Å²) in [4.78, 5) is 34.0. The SMILES string of the molecule is CN1CC[C@H](O)[C@@]2(CCCN(C(=O)c3cnc4ccccn4c3=O)C2)C1. The molecule has 0 bridgehead atoms. The molecule has 7 heteroatoms. The van der Waals surface area contributed by atoms with Gasteiger partial charge in [0.25, 0.3) is 11.5 Å². The number of rotatable bonds is 1. The second-order valence-corrected chi connectivity index (χ2v) is 7.64. The molecule has 2 aliphatic rings. The number of carbonyl (C=O) groups is 1. The van der Waals surface area contributed by atoms with Crippen molar-refractivity contribution in [3.63, 3.8) is 0 Å². The molecule has 4 heterocycles. The largest absolute Gasteiger partial charge is 0.392 e. The van der Waals surface area contributed by atoms with Crippen LogP contribution in [-0.4, -0.2) is 69.5 Å². The standard InChI is InChI=1S/C19H24N4O3/c1-21-10-6-15(24)19(12-21)7-4-8-22(13-19)17(25)14-11-20-16-5-2-3-9-23(16)18(14)26/h2-3,5,9,11,15,24H,4,6-8,10,12-13H2,1H3/t15-,19-/m0/s1. The minimum absolute atomic E-state index is 0.0874. The van der Waals surface area contributed by atoms with Gasteiger partial charge in [0.15, 0.2) is 0 Å². The molecule has 4 rings (SSSR count). The monoisotopic (exact) mass is 356 g/mol. The van der Waals surface area contributed by atoms with Crippen LogP contribution in [0, 0.1) is 5.41 Å². The second kappa shape index (κ2) is 6.48. The molecule has 0 radical (unpaired) electrons. The van der Waals surface area contributed by atoms with E-state index < -0.39 is 6.10 Å². The number of pyridine rings is 1. The number of nitrogens with zero attached hydrogens (tertiary/aromatic N) is 4. The number of amides is 1. The van der Waals surface area contributed by atoms with Gasteiger partial charge < -0.3 is 14.9 Å². The number of hydrogen-bond acceptors (Lipinski definition) is 5. The molecule has 2 fully saturated rings. The van der Waals surface area contributed by atoms with Gasteiger partial charge in [0.2, 0.25) is 0 Å². The number of likely N-dealkylation sites (tertiary alicyclic amines) is 2. The molecule has 2 saturated heterocycles. The Labute approximate surface area is 151 Å². The third-order valence-electron chi connectivity index (χ3n) is 5.82. The lowest BCUT2D eigenvalue weighted by atomic mass is 9.71. The van der Waals surface area contributed by atoms with Gasteiger partial charge in [-0.3, -0.25) is 14.0 Å². The van der Waals surface area contributed by atoms with Crippen molar-refractivity contribution in [3.8, 4) is 0 Å². The lowest BCUT2D eigenvalue weighted by molar-refractivity contribution is -0.0731. The molecule has 26 heavy (non-hydrogen) atoms. The van der Waals surface area contributed by atoms with E-state index in [4.69, 9.17) is 0 Å². The first-order chi connectivity index (χ1) is 12.5. The van der Waals surface area contributed by atoms with Crippen LogP contribution in [-0.2, 0) is 0 Å². The summed E-state index contributed by atoms with van der Waals surface area (Å²) >= 11 is 0. The van der Waals surface area contributed by atoms with E-state index in [1.54, 1.807) is 29.3 Å². The maximum Gasteiger partial charge on any atom is 0.270 e. The van der Waals surface area contributed by atoms with Gasteiger partial charge in [-0.1, -0.05) is 6.07 Å². The molecule has 0 aromatic carbocycles. The van der Waals surface area contributed by atoms with Crippen molar-refractivity contribution in [1.82, 2.24) is 19.2 Å². The summed E-state index contributed by atoms with van der Waals surface area (Å²) in [6.45, 7) is 2.72. The van der Waals surface area contributed by atoms with E-state index in [0.717, 1.165) is 32.4 Å². The van der Waals surface area contributed by atoms with E-state index in [0.29, 0.717) is 18.7 Å². The number of piperidine rings is 2. The summed E-state index contributed by atoms with van der Waals surface area (Å²) in [6.07, 6.45) is 5.05. The fourth-order valence-corrected chi connectivity index (χ4v) is 4.45. The van der Waals surface area contributed by atoms with Crippen molar-refractivity contribution in [3.05, 3.63) is 46.5 Å². The van der Waals surface area contributed by atoms with Crippen LogP contribution in [0.1, 0.15) is 29.6 Å². The van der Waals surface area contributed by atoms with Crippen LogP contribution in [0.3, 0.4) is 0 Å². The molecule has 0 aliphatic carbocycles. The Morgan fingerprint density at radius 3 is 3.00 bits per heavy atom. The first-order valence-electron chi connectivity index (χ1n) is 9.12. The Morgan fingerprint density at radius 2 is 2.15 bits per heavy atom. The number of aliphatic hydroxyl groups is 1. The van der Waals surface area contributed by atoms with Crippen LogP contribution >= 0.6 is 0 Å². The third kappa shape index (κ3) is 2.81. The molecule has 2 aliphatic heterocycles. The minimum Gasteiger partial charge on any atom is -0.392 e. The van der Waals surface area contributed by atoms with Crippen LogP contribution in [0.5, 0.6) is 0 Å². The van der Waals surface area contributed by atoms with Crippen molar-refractivity contribution in [1.29, 1.82) is 0 Å². The topological polar surface area (TPSA) is 78.2 Å². The Morgan fingerprint density at radius 1 is 1.31 bits per heavy atom. The van der Waals surface area contributed by atoms with Gasteiger partial charge in [-0.2, -0.15) is 0 Å². The van der Waals surface area contributed by atoms with Crippen molar-refractivity contribution < 1.29 is 9.90 Å². The third-order valence-corrected chi connectivity index (χ3v) is 5.82. The predicted molar refractivity (Wildman–Crippen MR) is 97.2 cm³/mol. The molecule has 2 aromatic heterocycles. The van der Waals surface area contributed by atoms with E-state index in [-0.39, 0.29) is 22.4 Å². The van der Waals surface area contributed by atoms with Crippen molar-refractivity contribution in [2.45, 2.75) is 25.4 Å². The molecular weight excluding hydrogens is 332 g/mol. The molecular formula is C19H24N4O3. The summed E-state index contributed by atoms with van der Waals surface area (Å²) in [5.74, 6) is -0.291. The molecule has 0 saturated carbocycles. The molecule has 1 N–H and O–H groups in total. The van der Waals surface area contributed by atoms with Gasteiger partial charge in [0.1, 0.15) is 11.2 Å². The van der Waals surface area contributed by atoms with Gasteiger partial charge in [0.05, 0.1) is 6.10 Å². The highest BCUT2D eigenvalue weighted by atomic mass is 16.3. The summed E-state index contributed by atoms with van der Waals surface area (Å²) in [5.41, 5.74) is -0.0408. The molecule has 2 atom stereocenters. The maximum absolute atomic E-state index is 13.1. The molecule has 7 nitrogen and oxygen atoms in total. The Hall–Kier alpha value is -2.25. The number of aromatic nitrogens is 2. The minimum atomic E-state index is -0.412. The van der Waals surface area contributed by atoms with Crippen molar-refractivity contribution in [2.75, 3.05) is 33.2 Å². The highest BCUT2D eigenvalue weighted by Crippen LogP contribution is 2.38. The Bertz CT molecular complexity index is 896. The van der Waals surface area contributed by atoms with E-state index >= 15 is 0 Å². The quantitative estimate of drug-likeness (QED) is 0.810. The van der Waals surface area contributed by atoms with Gasteiger partial charge in [0, 0.05) is 44.0 Å². The van der Waals surface area contributed by atoms with Gasteiger partial charge >= 0.3 is 0 Å². The average Bonchev–Trinajstić information content (AvgIpc) is 2.65. The Kier molecular flexibility index (Phi) is 4.28. The molecule has 2 aromatic rings. The van der Waals surface area contributed by atoms with E-state index in [9.17, 15) is 14.7 Å². The van der Waals surface area contributed by atoms with Crippen LogP contribution in [0.2, 0.25) is 0 Å². The highest BCUT2D eigenvalue weighted by Gasteiger charge is 2.45. The fourth-order valence-electron chi connectivity index (χ4n) is 4.45. The number of hydrogen-bond donors (Lipinski definition) is 1. The van der Waals surface area contributed by atoms with Crippen LogP contribution in [0.4, 0.5) is 0 Å². The van der Waals surface area contributed by atoms with Gasteiger partial charge in [-0.15, -0.1) is 0 Å². The van der Waals surface area contributed by atoms with Crippen molar-refractivity contribution in [2.24, 2.45) is 5.41 Å². The van der Waals surface area contributed by atoms with Crippen LogP contribution in [0.15, 0.2) is 35.4 Å². The summed E-state index contributed by atoms with van der Waals surface area (Å²) in [6, 6.07) is 5.28. The lowest BCUT2D eigenvalue weighted by Gasteiger charge is -2.50. The van der Waals surface area contributed by atoms with Crippen molar-refractivity contribution >= 4 is 11.6 Å². The number of aliphatic hydroxyl groups excluding tert-OH is 1. The molecule has 0 unspecified atom stereocenters. The zero-order valence-electron chi connectivity index (χ0n) is 15.0. The van der Waals surface area contributed by atoms with Crippen LogP contribution < -0.4 is 5.56 Å². The Balaban J connectivity index is 1.64. The summed E-state index contributed by atoms with van der Waals surface area (Å²) < 4.78 is 1.40. The average molecular weight is 356 g/mol. The van der Waals surface area contributed by atoms with E-state index in [1.165, 1.54) is 10.6 Å². The smallest absolute Gasteiger partial charge is 0.270 e. The molecule has 1 amide bonds. The fraction of sp³-hybridized carbons (Fsp3) is 0.526. The van der Waals surface area contributed by atoms with E-state index in [1.807, 2.05) is 7.05 Å². The highest BCUT2D eigenvalue weighted by molar-refractivity contribution is 5.93. The predicted octanol–water partition coefficient (Wildman–Crippen LogP) is 0.613. The second-order valence-electron chi connectivity index (χ2n) is 7.64. The summed E-state index contributed by atoms with van der Waals surface area (Å²) in [7, 11) is 2.05. The molecule has 138 valence electrons.